The molecule has 0 amide bonds. The summed E-state index contributed by atoms with van der Waals surface area (Å²) in [6.07, 6.45) is 0. The summed E-state index contributed by atoms with van der Waals surface area (Å²) >= 11 is 9.07. The summed E-state index contributed by atoms with van der Waals surface area (Å²) in [4.78, 5) is 12.9. The van der Waals surface area contributed by atoms with Gasteiger partial charge in [0.05, 0.1) is 27.9 Å². The van der Waals surface area contributed by atoms with Crippen LogP contribution in [0.4, 0.5) is 0 Å². The number of hydrogen-bond acceptors (Lipinski definition) is 4. The zero-order valence-electron chi connectivity index (χ0n) is 14.2. The van der Waals surface area contributed by atoms with Crippen molar-refractivity contribution < 1.29 is 14.3 Å². The van der Waals surface area contributed by atoms with Gasteiger partial charge in [-0.2, -0.15) is 0 Å². The van der Waals surface area contributed by atoms with Gasteiger partial charge in [0.1, 0.15) is 5.75 Å². The molecular weight excluding hydrogens is 480 g/mol. The number of ether oxygens (including phenoxy) is 2. The van der Waals surface area contributed by atoms with Crippen LogP contribution in [0.1, 0.15) is 17.3 Å². The van der Waals surface area contributed by atoms with E-state index < -0.39 is 0 Å². The molecule has 6 heteroatoms. The second-order valence-electron chi connectivity index (χ2n) is 5.42. The third kappa shape index (κ3) is 3.87. The second-order valence-corrected chi connectivity index (χ2v) is 8.55. The standard InChI is InChI=1S/C20H16Br2O3S/c1-3-25-20(23)14-6-4-13(5-7-14)18-17(21)16(19(22)26-18)12-8-10-15(24-2)11-9-12/h4-11H,3H2,1-2H3. The van der Waals surface area contributed by atoms with E-state index in [4.69, 9.17) is 9.47 Å². The summed E-state index contributed by atoms with van der Waals surface area (Å²) < 4.78 is 12.3. The molecular formula is C20H16Br2O3S. The number of benzene rings is 2. The first-order valence-corrected chi connectivity index (χ1v) is 10.3. The molecule has 0 atom stereocenters. The van der Waals surface area contributed by atoms with Crippen molar-refractivity contribution in [3.8, 4) is 27.3 Å². The normalized spacial score (nSPS) is 10.6. The molecule has 0 aliphatic rings. The molecule has 0 N–H and O–H groups in total. The lowest BCUT2D eigenvalue weighted by atomic mass is 10.1. The Morgan fingerprint density at radius 1 is 1.00 bits per heavy atom. The van der Waals surface area contributed by atoms with Gasteiger partial charge < -0.3 is 9.47 Å². The Morgan fingerprint density at radius 2 is 1.62 bits per heavy atom. The van der Waals surface area contributed by atoms with Crippen molar-refractivity contribution in [2.75, 3.05) is 13.7 Å². The minimum absolute atomic E-state index is 0.301. The lowest BCUT2D eigenvalue weighted by molar-refractivity contribution is 0.0526. The maximum Gasteiger partial charge on any atom is 0.338 e. The highest BCUT2D eigenvalue weighted by Gasteiger charge is 2.18. The minimum atomic E-state index is -0.301. The van der Waals surface area contributed by atoms with E-state index in [2.05, 4.69) is 31.9 Å². The Kier molecular flexibility index (Phi) is 6.16. The summed E-state index contributed by atoms with van der Waals surface area (Å²) in [5, 5.41) is 0. The van der Waals surface area contributed by atoms with Crippen LogP contribution in [-0.4, -0.2) is 19.7 Å². The SMILES string of the molecule is CCOC(=O)c1ccc(-c2sc(Br)c(-c3ccc(OC)cc3)c2Br)cc1. The van der Waals surface area contributed by atoms with Gasteiger partial charge in [-0.25, -0.2) is 4.79 Å². The topological polar surface area (TPSA) is 35.5 Å². The molecule has 2 aromatic carbocycles. The van der Waals surface area contributed by atoms with Crippen LogP contribution in [0.25, 0.3) is 21.6 Å². The Balaban J connectivity index is 1.95. The van der Waals surface area contributed by atoms with Crippen LogP contribution in [0.5, 0.6) is 5.75 Å². The highest BCUT2D eigenvalue weighted by atomic mass is 79.9. The van der Waals surface area contributed by atoms with Crippen LogP contribution in [0, 0.1) is 0 Å². The molecule has 0 radical (unpaired) electrons. The van der Waals surface area contributed by atoms with Crippen LogP contribution >= 0.6 is 43.2 Å². The highest BCUT2D eigenvalue weighted by molar-refractivity contribution is 9.11. The van der Waals surface area contributed by atoms with Crippen molar-refractivity contribution >= 4 is 49.2 Å². The van der Waals surface area contributed by atoms with Crippen LogP contribution in [0.2, 0.25) is 0 Å². The van der Waals surface area contributed by atoms with Gasteiger partial charge in [0, 0.05) is 10.0 Å². The minimum Gasteiger partial charge on any atom is -0.497 e. The number of thiophene rings is 1. The van der Waals surface area contributed by atoms with Crippen LogP contribution in [-0.2, 0) is 4.74 Å². The third-order valence-corrected chi connectivity index (χ3v) is 6.81. The molecule has 0 fully saturated rings. The maximum atomic E-state index is 11.8. The van der Waals surface area contributed by atoms with Crippen LogP contribution in [0.15, 0.2) is 56.8 Å². The van der Waals surface area contributed by atoms with Crippen molar-refractivity contribution in [3.63, 3.8) is 0 Å². The summed E-state index contributed by atoms with van der Waals surface area (Å²) in [5.74, 6) is 0.524. The first kappa shape index (κ1) is 19.1. The van der Waals surface area contributed by atoms with Gasteiger partial charge >= 0.3 is 5.97 Å². The second kappa shape index (κ2) is 8.37. The fourth-order valence-corrected chi connectivity index (χ4v) is 5.70. The molecule has 1 heterocycles. The number of hydrogen-bond donors (Lipinski definition) is 0. The lowest BCUT2D eigenvalue weighted by Gasteiger charge is -2.05. The average molecular weight is 496 g/mol. The molecule has 0 saturated carbocycles. The van der Waals surface area contributed by atoms with Gasteiger partial charge in [0.25, 0.3) is 0 Å². The number of carbonyl (C=O) groups is 1. The van der Waals surface area contributed by atoms with E-state index in [9.17, 15) is 4.79 Å². The average Bonchev–Trinajstić information content (AvgIpc) is 2.96. The van der Waals surface area contributed by atoms with Crippen LogP contribution in [0.3, 0.4) is 0 Å². The number of carbonyl (C=O) groups excluding carboxylic acids is 1. The first-order valence-electron chi connectivity index (χ1n) is 7.95. The van der Waals surface area contributed by atoms with Crippen molar-refractivity contribution in [3.05, 3.63) is 62.4 Å². The summed E-state index contributed by atoms with van der Waals surface area (Å²) in [6.45, 7) is 2.17. The fourth-order valence-electron chi connectivity index (χ4n) is 2.54. The molecule has 0 aliphatic carbocycles. The van der Waals surface area contributed by atoms with E-state index in [1.807, 2.05) is 36.4 Å². The predicted molar refractivity (Wildman–Crippen MR) is 113 cm³/mol. The van der Waals surface area contributed by atoms with Gasteiger partial charge in [-0.1, -0.05) is 24.3 Å². The van der Waals surface area contributed by atoms with Gasteiger partial charge in [-0.3, -0.25) is 0 Å². The van der Waals surface area contributed by atoms with Crippen molar-refractivity contribution in [2.24, 2.45) is 0 Å². The van der Waals surface area contributed by atoms with Gasteiger partial charge in [0.15, 0.2) is 0 Å². The van der Waals surface area contributed by atoms with Crippen LogP contribution < -0.4 is 4.74 Å². The number of rotatable bonds is 5. The zero-order chi connectivity index (χ0) is 18.7. The number of halogens is 2. The molecule has 134 valence electrons. The summed E-state index contributed by atoms with van der Waals surface area (Å²) in [7, 11) is 1.66. The summed E-state index contributed by atoms with van der Waals surface area (Å²) in [5.41, 5.74) is 3.78. The van der Waals surface area contributed by atoms with Gasteiger partial charge in [-0.05, 0) is 74.2 Å². The Morgan fingerprint density at radius 3 is 2.19 bits per heavy atom. The molecule has 3 aromatic rings. The lowest BCUT2D eigenvalue weighted by Crippen LogP contribution is -2.03. The summed E-state index contributed by atoms with van der Waals surface area (Å²) in [6, 6.07) is 15.4. The Hall–Kier alpha value is -1.63. The molecule has 3 nitrogen and oxygen atoms in total. The Labute approximate surface area is 173 Å². The van der Waals surface area contributed by atoms with Gasteiger partial charge in [0.2, 0.25) is 0 Å². The Bertz CT molecular complexity index is 915. The number of methoxy groups -OCH3 is 1. The first-order chi connectivity index (χ1) is 12.5. The van der Waals surface area contributed by atoms with E-state index >= 15 is 0 Å². The molecule has 1 aromatic heterocycles. The molecule has 26 heavy (non-hydrogen) atoms. The van der Waals surface area contributed by atoms with E-state index in [0.717, 1.165) is 35.6 Å². The monoisotopic (exact) mass is 494 g/mol. The van der Waals surface area contributed by atoms with Gasteiger partial charge in [-0.15, -0.1) is 11.3 Å². The van der Waals surface area contributed by atoms with E-state index in [0.29, 0.717) is 12.2 Å². The van der Waals surface area contributed by atoms with Crippen molar-refractivity contribution in [2.45, 2.75) is 6.92 Å². The molecule has 0 unspecified atom stereocenters. The maximum absolute atomic E-state index is 11.8. The predicted octanol–water partition coefficient (Wildman–Crippen LogP) is 6.79. The molecule has 0 aliphatic heterocycles. The third-order valence-electron chi connectivity index (χ3n) is 3.84. The van der Waals surface area contributed by atoms with Crippen molar-refractivity contribution in [1.82, 2.24) is 0 Å². The van der Waals surface area contributed by atoms with Crippen molar-refractivity contribution in [1.29, 1.82) is 0 Å². The van der Waals surface area contributed by atoms with E-state index in [1.165, 1.54) is 0 Å². The fraction of sp³-hybridized carbons (Fsp3) is 0.150. The zero-order valence-corrected chi connectivity index (χ0v) is 18.2. The molecule has 0 bridgehead atoms. The molecule has 0 saturated heterocycles. The number of esters is 1. The molecule has 3 rings (SSSR count). The quantitative estimate of drug-likeness (QED) is 0.365. The molecule has 0 spiro atoms. The largest absolute Gasteiger partial charge is 0.497 e. The smallest absolute Gasteiger partial charge is 0.338 e. The van der Waals surface area contributed by atoms with E-state index in [1.54, 1.807) is 37.5 Å². The van der Waals surface area contributed by atoms with E-state index in [-0.39, 0.29) is 5.97 Å². The highest BCUT2D eigenvalue weighted by Crippen LogP contribution is 2.48.